The minimum Gasteiger partial charge on any atom is -0.478 e. The first-order valence-corrected chi connectivity index (χ1v) is 6.97. The first-order chi connectivity index (χ1) is 11.6. The van der Waals surface area contributed by atoms with Crippen molar-refractivity contribution in [2.75, 3.05) is 0 Å². The number of hydrogen-bond donors (Lipinski definition) is 2. The third kappa shape index (κ3) is 8.66. The molecule has 8 heteroatoms. The molecule has 7 nitrogen and oxygen atoms in total. The maximum absolute atomic E-state index is 10.5. The van der Waals surface area contributed by atoms with Crippen molar-refractivity contribution in [1.82, 2.24) is 9.97 Å². The van der Waals surface area contributed by atoms with Crippen LogP contribution in [0.1, 0.15) is 20.7 Å². The van der Waals surface area contributed by atoms with Crippen LogP contribution in [0.15, 0.2) is 73.1 Å². The summed E-state index contributed by atoms with van der Waals surface area (Å²) >= 11 is 0. The standard InChI is InChI=1S/C10H8N2.C8H6O4.2CH3.H2O.Pt/c1-3-7-11-9(5-1)10-6-2-4-8-12-10;9-7(10)5-3-1-2-4-6(5)8(11)12;;;;/h1-8H;1-4H,(H,9,10)(H,11,12);2*1H3;1H2;/q;;2*-1;;+2. The molecule has 0 saturated carbocycles. The van der Waals surface area contributed by atoms with E-state index in [2.05, 4.69) is 9.97 Å². The molecule has 152 valence electrons. The molecule has 3 aromatic rings. The Morgan fingerprint density at radius 2 is 0.964 bits per heavy atom. The molecule has 0 aliphatic rings. The van der Waals surface area contributed by atoms with Gasteiger partial charge in [0.2, 0.25) is 0 Å². The number of carboxylic acid groups (broad SMARTS) is 2. The van der Waals surface area contributed by atoms with Crippen molar-refractivity contribution in [2.45, 2.75) is 0 Å². The monoisotopic (exact) mass is 565 g/mol. The average molecular weight is 565 g/mol. The van der Waals surface area contributed by atoms with E-state index >= 15 is 0 Å². The molecule has 0 atom stereocenters. The van der Waals surface area contributed by atoms with Gasteiger partial charge in [-0.2, -0.15) is 0 Å². The van der Waals surface area contributed by atoms with Crippen molar-refractivity contribution >= 4 is 11.9 Å². The molecule has 0 aliphatic carbocycles. The minimum absolute atomic E-state index is 0. The molecular formula is C20H22N2O5Pt. The summed E-state index contributed by atoms with van der Waals surface area (Å²) in [6.45, 7) is 0. The average Bonchev–Trinajstić information content (AvgIpc) is 2.63. The molecule has 0 radical (unpaired) electrons. The van der Waals surface area contributed by atoms with E-state index in [0.717, 1.165) is 11.4 Å². The Morgan fingerprint density at radius 1 is 0.643 bits per heavy atom. The molecule has 0 spiro atoms. The third-order valence-electron chi connectivity index (χ3n) is 2.98. The van der Waals surface area contributed by atoms with Gasteiger partial charge < -0.3 is 30.5 Å². The van der Waals surface area contributed by atoms with Gasteiger partial charge in [-0.1, -0.05) is 24.3 Å². The molecule has 0 bridgehead atoms. The van der Waals surface area contributed by atoms with Crippen LogP contribution in [-0.2, 0) is 21.1 Å². The Labute approximate surface area is 178 Å². The fraction of sp³-hybridized carbons (Fsp3) is 0. The third-order valence-corrected chi connectivity index (χ3v) is 2.98. The zero-order valence-electron chi connectivity index (χ0n) is 15.3. The van der Waals surface area contributed by atoms with E-state index in [1.807, 2.05) is 36.4 Å². The second kappa shape index (κ2) is 15.2. The zero-order valence-corrected chi connectivity index (χ0v) is 17.6. The number of nitrogens with zero attached hydrogens (tertiary/aromatic N) is 2. The maximum atomic E-state index is 10.5. The zero-order chi connectivity index (χ0) is 17.4. The van der Waals surface area contributed by atoms with Crippen LogP contribution >= 0.6 is 0 Å². The van der Waals surface area contributed by atoms with E-state index in [-0.39, 0.29) is 52.5 Å². The smallest absolute Gasteiger partial charge is 0.478 e. The number of pyridine rings is 2. The molecule has 4 N–H and O–H groups in total. The van der Waals surface area contributed by atoms with Crippen LogP contribution < -0.4 is 0 Å². The van der Waals surface area contributed by atoms with Crippen molar-refractivity contribution in [2.24, 2.45) is 0 Å². The van der Waals surface area contributed by atoms with Crippen molar-refractivity contribution in [3.63, 3.8) is 0 Å². The summed E-state index contributed by atoms with van der Waals surface area (Å²) in [4.78, 5) is 29.3. The van der Waals surface area contributed by atoms with Crippen LogP contribution in [0.2, 0.25) is 0 Å². The largest absolute Gasteiger partial charge is 2.00 e. The predicted molar refractivity (Wildman–Crippen MR) is 104 cm³/mol. The maximum Gasteiger partial charge on any atom is 2.00 e. The fourth-order valence-corrected chi connectivity index (χ4v) is 1.88. The second-order valence-electron chi connectivity index (χ2n) is 4.59. The molecule has 2 heterocycles. The van der Waals surface area contributed by atoms with E-state index in [0.29, 0.717) is 0 Å². The van der Waals surface area contributed by atoms with Gasteiger partial charge in [0.1, 0.15) is 0 Å². The Hall–Kier alpha value is -2.89. The summed E-state index contributed by atoms with van der Waals surface area (Å²) in [5.74, 6) is -2.46. The number of rotatable bonds is 3. The number of aromatic carboxylic acids is 2. The molecule has 28 heavy (non-hydrogen) atoms. The Kier molecular flexibility index (Phi) is 16.2. The van der Waals surface area contributed by atoms with Gasteiger partial charge in [-0.25, -0.2) is 9.59 Å². The molecular weight excluding hydrogens is 543 g/mol. The molecule has 0 amide bonds. The summed E-state index contributed by atoms with van der Waals surface area (Å²) in [7, 11) is 0. The summed E-state index contributed by atoms with van der Waals surface area (Å²) in [6.07, 6.45) is 3.54. The Bertz CT molecular complexity index is 760. The van der Waals surface area contributed by atoms with Gasteiger partial charge in [0, 0.05) is 12.4 Å². The Morgan fingerprint density at radius 3 is 1.21 bits per heavy atom. The van der Waals surface area contributed by atoms with E-state index < -0.39 is 11.9 Å². The van der Waals surface area contributed by atoms with Crippen LogP contribution in [0.3, 0.4) is 0 Å². The first kappa shape index (κ1) is 29.9. The summed E-state index contributed by atoms with van der Waals surface area (Å²) in [6, 6.07) is 17.1. The predicted octanol–water partition coefficient (Wildman–Crippen LogP) is 3.30. The van der Waals surface area contributed by atoms with Gasteiger partial charge in [-0.3, -0.25) is 9.97 Å². The van der Waals surface area contributed by atoms with Crippen LogP contribution in [0.5, 0.6) is 0 Å². The van der Waals surface area contributed by atoms with E-state index in [1.54, 1.807) is 12.4 Å². The van der Waals surface area contributed by atoms with Crippen LogP contribution in [0.4, 0.5) is 0 Å². The van der Waals surface area contributed by atoms with Crippen molar-refractivity contribution in [1.29, 1.82) is 0 Å². The Balaban J connectivity index is -0.000000391. The molecule has 1 aromatic carbocycles. The van der Waals surface area contributed by atoms with Crippen LogP contribution in [-0.4, -0.2) is 37.6 Å². The van der Waals surface area contributed by atoms with Crippen molar-refractivity contribution in [3.05, 3.63) is 99.0 Å². The van der Waals surface area contributed by atoms with Crippen LogP contribution in [0, 0.1) is 14.9 Å². The van der Waals surface area contributed by atoms with E-state index in [9.17, 15) is 9.59 Å². The number of carbonyl (C=O) groups is 2. The van der Waals surface area contributed by atoms with Gasteiger partial charge in [-0.05, 0) is 36.4 Å². The summed E-state index contributed by atoms with van der Waals surface area (Å²) in [5, 5.41) is 17.1. The number of aromatic nitrogens is 2. The molecule has 3 rings (SSSR count). The van der Waals surface area contributed by atoms with Gasteiger partial charge in [0.15, 0.2) is 0 Å². The fourth-order valence-electron chi connectivity index (χ4n) is 1.88. The number of hydrogen-bond acceptors (Lipinski definition) is 4. The molecule has 2 aromatic heterocycles. The van der Waals surface area contributed by atoms with Crippen molar-refractivity contribution in [3.8, 4) is 11.4 Å². The second-order valence-corrected chi connectivity index (χ2v) is 4.59. The molecule has 0 saturated heterocycles. The van der Waals surface area contributed by atoms with Gasteiger partial charge in [0.25, 0.3) is 0 Å². The van der Waals surface area contributed by atoms with Crippen LogP contribution in [0.25, 0.3) is 11.4 Å². The van der Waals surface area contributed by atoms with Gasteiger partial charge in [-0.15, -0.1) is 0 Å². The summed E-state index contributed by atoms with van der Waals surface area (Å²) < 4.78 is 0. The SMILES string of the molecule is O.O=C(O)c1ccccc1C(=O)O.[CH3-].[CH3-].[Pt+2].c1ccc(-c2ccccn2)nc1. The normalized spacial score (nSPS) is 8.14. The minimum atomic E-state index is -1.23. The molecule has 0 fully saturated rings. The van der Waals surface area contributed by atoms with E-state index in [1.165, 1.54) is 24.3 Å². The topological polar surface area (TPSA) is 132 Å². The van der Waals surface area contributed by atoms with E-state index in [4.69, 9.17) is 10.2 Å². The number of carboxylic acids is 2. The first-order valence-electron chi connectivity index (χ1n) is 6.97. The molecule has 0 aliphatic heterocycles. The van der Waals surface area contributed by atoms with Gasteiger partial charge in [0.05, 0.1) is 22.5 Å². The van der Waals surface area contributed by atoms with Gasteiger partial charge >= 0.3 is 33.0 Å². The molecule has 0 unspecified atom stereocenters. The quantitative estimate of drug-likeness (QED) is 0.469. The van der Waals surface area contributed by atoms with Crippen molar-refractivity contribution < 1.29 is 46.3 Å². The summed E-state index contributed by atoms with van der Waals surface area (Å²) in [5.41, 5.74) is 1.45. The number of benzene rings is 1.